The van der Waals surface area contributed by atoms with Crippen molar-refractivity contribution >= 4 is 5.91 Å². The van der Waals surface area contributed by atoms with Gasteiger partial charge in [-0.1, -0.05) is 13.8 Å². The summed E-state index contributed by atoms with van der Waals surface area (Å²) >= 11 is 0. The molecule has 1 amide bonds. The maximum absolute atomic E-state index is 11.4. The fourth-order valence-electron chi connectivity index (χ4n) is 1.50. The summed E-state index contributed by atoms with van der Waals surface area (Å²) in [6, 6.07) is 0. The summed E-state index contributed by atoms with van der Waals surface area (Å²) in [4.78, 5) is 13.3. The second-order valence-corrected chi connectivity index (χ2v) is 4.24. The van der Waals surface area contributed by atoms with Gasteiger partial charge >= 0.3 is 0 Å². The molecule has 1 heterocycles. The van der Waals surface area contributed by atoms with Crippen LogP contribution in [0.25, 0.3) is 0 Å². The summed E-state index contributed by atoms with van der Waals surface area (Å²) in [7, 11) is 1.56. The molecule has 1 rings (SSSR count). The van der Waals surface area contributed by atoms with E-state index in [-0.39, 0.29) is 12.0 Å². The third-order valence-corrected chi connectivity index (χ3v) is 2.25. The molecule has 0 aromatic rings. The van der Waals surface area contributed by atoms with Crippen LogP contribution in [0.4, 0.5) is 0 Å². The van der Waals surface area contributed by atoms with E-state index in [9.17, 15) is 4.79 Å². The van der Waals surface area contributed by atoms with Gasteiger partial charge in [0.1, 0.15) is 6.10 Å². The van der Waals surface area contributed by atoms with E-state index in [4.69, 9.17) is 4.74 Å². The number of carbonyl (C=O) groups is 1. The first-order valence-electron chi connectivity index (χ1n) is 4.28. The predicted molar refractivity (Wildman–Crippen MR) is 46.8 cm³/mol. The first-order valence-corrected chi connectivity index (χ1v) is 4.28. The topological polar surface area (TPSA) is 29.5 Å². The van der Waals surface area contributed by atoms with E-state index in [1.54, 1.807) is 14.0 Å². The van der Waals surface area contributed by atoms with Gasteiger partial charge in [0.05, 0.1) is 0 Å². The molecule has 0 aliphatic carbocycles. The number of nitrogens with zero attached hydrogens (tertiary/aromatic N) is 1. The third-order valence-electron chi connectivity index (χ3n) is 2.25. The zero-order valence-electron chi connectivity index (χ0n) is 8.26. The smallest absolute Gasteiger partial charge is 0.251 e. The number of amides is 1. The third kappa shape index (κ3) is 1.78. The van der Waals surface area contributed by atoms with Crippen LogP contribution in [0.5, 0.6) is 0 Å². The largest absolute Gasteiger partial charge is 0.372 e. The Labute approximate surface area is 73.7 Å². The lowest BCUT2D eigenvalue weighted by Crippen LogP contribution is -2.57. The molecule has 0 aromatic heterocycles. The van der Waals surface area contributed by atoms with Crippen LogP contribution in [0, 0.1) is 5.41 Å². The van der Waals surface area contributed by atoms with Crippen molar-refractivity contribution in [2.45, 2.75) is 26.9 Å². The SMILES string of the molecule is COC(C)C(=O)N1CC(C)(C)C1. The molecule has 3 nitrogen and oxygen atoms in total. The summed E-state index contributed by atoms with van der Waals surface area (Å²) < 4.78 is 4.95. The van der Waals surface area contributed by atoms with Crippen LogP contribution < -0.4 is 0 Å². The van der Waals surface area contributed by atoms with E-state index < -0.39 is 0 Å². The molecule has 0 saturated carbocycles. The molecule has 1 saturated heterocycles. The van der Waals surface area contributed by atoms with Crippen LogP contribution in [0.3, 0.4) is 0 Å². The van der Waals surface area contributed by atoms with Crippen LogP contribution in [0.1, 0.15) is 20.8 Å². The van der Waals surface area contributed by atoms with Gasteiger partial charge in [0.25, 0.3) is 5.91 Å². The van der Waals surface area contributed by atoms with E-state index in [0.29, 0.717) is 5.41 Å². The van der Waals surface area contributed by atoms with Crippen molar-refractivity contribution in [1.29, 1.82) is 0 Å². The Morgan fingerprint density at radius 1 is 1.50 bits per heavy atom. The highest BCUT2D eigenvalue weighted by atomic mass is 16.5. The highest BCUT2D eigenvalue weighted by Gasteiger charge is 2.38. The summed E-state index contributed by atoms with van der Waals surface area (Å²) in [5, 5.41) is 0. The molecular weight excluding hydrogens is 154 g/mol. The van der Waals surface area contributed by atoms with Gasteiger partial charge in [-0.15, -0.1) is 0 Å². The van der Waals surface area contributed by atoms with Crippen molar-refractivity contribution in [3.8, 4) is 0 Å². The van der Waals surface area contributed by atoms with Gasteiger partial charge in [-0.25, -0.2) is 0 Å². The average molecular weight is 171 g/mol. The molecular formula is C9H17NO2. The van der Waals surface area contributed by atoms with E-state index in [0.717, 1.165) is 13.1 Å². The van der Waals surface area contributed by atoms with Crippen LogP contribution >= 0.6 is 0 Å². The molecule has 1 aliphatic heterocycles. The maximum Gasteiger partial charge on any atom is 0.251 e. The van der Waals surface area contributed by atoms with Crippen LogP contribution in [0.2, 0.25) is 0 Å². The average Bonchev–Trinajstić information content (AvgIpc) is 1.97. The van der Waals surface area contributed by atoms with E-state index in [1.807, 2.05) is 4.90 Å². The van der Waals surface area contributed by atoms with Crippen molar-refractivity contribution in [2.24, 2.45) is 5.41 Å². The van der Waals surface area contributed by atoms with Gasteiger partial charge in [0.15, 0.2) is 0 Å². The molecule has 1 atom stereocenters. The minimum atomic E-state index is -0.291. The number of hydrogen-bond donors (Lipinski definition) is 0. The molecule has 1 aliphatic rings. The van der Waals surface area contributed by atoms with Crippen molar-refractivity contribution < 1.29 is 9.53 Å². The van der Waals surface area contributed by atoms with Gasteiger partial charge < -0.3 is 9.64 Å². The standard InChI is InChI=1S/C9H17NO2/c1-7(12-4)8(11)10-5-9(2,3)6-10/h7H,5-6H2,1-4H3. The maximum atomic E-state index is 11.4. The predicted octanol–water partition coefficient (Wildman–Crippen LogP) is 0.890. The minimum Gasteiger partial charge on any atom is -0.372 e. The second-order valence-electron chi connectivity index (χ2n) is 4.24. The second kappa shape index (κ2) is 3.05. The van der Waals surface area contributed by atoms with Crippen molar-refractivity contribution in [2.75, 3.05) is 20.2 Å². The Morgan fingerprint density at radius 3 is 2.33 bits per heavy atom. The van der Waals surface area contributed by atoms with Gasteiger partial charge in [0, 0.05) is 20.2 Å². The molecule has 70 valence electrons. The number of carbonyl (C=O) groups excluding carboxylic acids is 1. The highest BCUT2D eigenvalue weighted by molar-refractivity contribution is 5.81. The Bertz CT molecular complexity index is 181. The van der Waals surface area contributed by atoms with Gasteiger partial charge in [0.2, 0.25) is 0 Å². The van der Waals surface area contributed by atoms with Gasteiger partial charge in [-0.3, -0.25) is 4.79 Å². The van der Waals surface area contributed by atoms with Crippen molar-refractivity contribution in [3.05, 3.63) is 0 Å². The van der Waals surface area contributed by atoms with E-state index in [2.05, 4.69) is 13.8 Å². The van der Waals surface area contributed by atoms with E-state index >= 15 is 0 Å². The van der Waals surface area contributed by atoms with E-state index in [1.165, 1.54) is 0 Å². The summed E-state index contributed by atoms with van der Waals surface area (Å²) in [5.74, 6) is 0.108. The molecule has 12 heavy (non-hydrogen) atoms. The Kier molecular flexibility index (Phi) is 2.42. The van der Waals surface area contributed by atoms with Gasteiger partial charge in [-0.05, 0) is 12.3 Å². The lowest BCUT2D eigenvalue weighted by Gasteiger charge is -2.46. The normalized spacial score (nSPS) is 23.2. The summed E-state index contributed by atoms with van der Waals surface area (Å²) in [5.41, 5.74) is 0.309. The summed E-state index contributed by atoms with van der Waals surface area (Å²) in [6.07, 6.45) is -0.291. The fraction of sp³-hybridized carbons (Fsp3) is 0.889. The number of hydrogen-bond acceptors (Lipinski definition) is 2. The zero-order valence-corrected chi connectivity index (χ0v) is 8.26. The minimum absolute atomic E-state index is 0.108. The molecule has 1 fully saturated rings. The van der Waals surface area contributed by atoms with Crippen LogP contribution in [-0.2, 0) is 9.53 Å². The Hall–Kier alpha value is -0.570. The monoisotopic (exact) mass is 171 g/mol. The number of methoxy groups -OCH3 is 1. The number of ether oxygens (including phenoxy) is 1. The molecule has 0 bridgehead atoms. The number of likely N-dealkylation sites (tertiary alicyclic amines) is 1. The lowest BCUT2D eigenvalue weighted by atomic mass is 9.84. The molecule has 3 heteroatoms. The molecule has 1 unspecified atom stereocenters. The Morgan fingerprint density at radius 2 is 2.00 bits per heavy atom. The molecule has 0 aromatic carbocycles. The molecule has 0 spiro atoms. The summed E-state index contributed by atoms with van der Waals surface area (Å²) in [6.45, 7) is 7.83. The van der Waals surface area contributed by atoms with Crippen molar-refractivity contribution in [3.63, 3.8) is 0 Å². The van der Waals surface area contributed by atoms with Gasteiger partial charge in [-0.2, -0.15) is 0 Å². The molecule has 0 radical (unpaired) electrons. The van der Waals surface area contributed by atoms with Crippen molar-refractivity contribution in [1.82, 2.24) is 4.90 Å². The first-order chi connectivity index (χ1) is 5.46. The zero-order chi connectivity index (χ0) is 9.35. The highest BCUT2D eigenvalue weighted by Crippen LogP contribution is 2.29. The first kappa shape index (κ1) is 9.52. The number of rotatable bonds is 2. The Balaban J connectivity index is 2.38. The molecule has 0 N–H and O–H groups in total. The van der Waals surface area contributed by atoms with Crippen LogP contribution in [0.15, 0.2) is 0 Å². The quantitative estimate of drug-likeness (QED) is 0.617. The lowest BCUT2D eigenvalue weighted by molar-refractivity contribution is -0.151. The van der Waals surface area contributed by atoms with Crippen LogP contribution in [-0.4, -0.2) is 37.1 Å². The fourth-order valence-corrected chi connectivity index (χ4v) is 1.50.